The van der Waals surface area contributed by atoms with Crippen LogP contribution in [-0.4, -0.2) is 24.0 Å². The highest BCUT2D eigenvalue weighted by Gasteiger charge is 2.23. The molecule has 0 spiro atoms. The third-order valence-corrected chi connectivity index (χ3v) is 3.67. The largest absolute Gasteiger partial charge is 0.353 e. The van der Waals surface area contributed by atoms with Gasteiger partial charge in [-0.05, 0) is 38.7 Å². The molecule has 0 fully saturated rings. The highest BCUT2D eigenvalue weighted by atomic mass is 16.2. The van der Waals surface area contributed by atoms with Crippen LogP contribution in [0.5, 0.6) is 0 Å². The predicted molar refractivity (Wildman–Crippen MR) is 92.5 cm³/mol. The average Bonchev–Trinajstić information content (AvgIpc) is 2.44. The Bertz CT molecular complexity index is 457. The molecule has 124 valence electrons. The summed E-state index contributed by atoms with van der Waals surface area (Å²) in [6.07, 6.45) is 0.708. The lowest BCUT2D eigenvalue weighted by molar-refractivity contribution is -0.123. The fraction of sp³-hybridized carbons (Fsp3) is 0.611. The van der Waals surface area contributed by atoms with Crippen LogP contribution in [0.2, 0.25) is 0 Å². The first kappa shape index (κ1) is 18.7. The Morgan fingerprint density at radius 2 is 1.77 bits per heavy atom. The quantitative estimate of drug-likeness (QED) is 0.691. The minimum absolute atomic E-state index is 0.0732. The van der Waals surface area contributed by atoms with Gasteiger partial charge >= 0.3 is 0 Å². The Balaban J connectivity index is 2.48. The van der Waals surface area contributed by atoms with Crippen LogP contribution in [0.3, 0.4) is 0 Å². The summed E-state index contributed by atoms with van der Waals surface area (Å²) in [7, 11) is 0. The Kier molecular flexibility index (Phi) is 7.04. The molecule has 1 rings (SSSR count). The van der Waals surface area contributed by atoms with Crippen LogP contribution < -0.4 is 16.4 Å². The molecule has 0 aliphatic carbocycles. The summed E-state index contributed by atoms with van der Waals surface area (Å²) in [6.45, 7) is 11.0. The second-order valence-corrected chi connectivity index (χ2v) is 7.11. The van der Waals surface area contributed by atoms with Gasteiger partial charge in [0.05, 0.1) is 6.04 Å². The molecule has 1 amide bonds. The molecule has 4 heteroatoms. The van der Waals surface area contributed by atoms with Crippen molar-refractivity contribution in [1.29, 1.82) is 0 Å². The van der Waals surface area contributed by atoms with E-state index >= 15 is 0 Å². The third-order valence-electron chi connectivity index (χ3n) is 3.67. The number of hydrogen-bond acceptors (Lipinski definition) is 3. The van der Waals surface area contributed by atoms with Gasteiger partial charge < -0.3 is 16.4 Å². The van der Waals surface area contributed by atoms with Crippen molar-refractivity contribution < 1.29 is 4.79 Å². The monoisotopic (exact) mass is 305 g/mol. The van der Waals surface area contributed by atoms with Crippen LogP contribution in [0, 0.1) is 5.92 Å². The zero-order valence-electron chi connectivity index (χ0n) is 14.5. The molecule has 0 aromatic heterocycles. The molecule has 0 bridgehead atoms. The standard InChI is InChI=1S/C18H31N3O/c1-13(2)11-16(19)17(22)20-12-18(4,5)21-14(3)15-9-7-6-8-10-15/h6-10,13-14,16,21H,11-12,19H2,1-5H3,(H,20,22)/t14?,16-/m0/s1. The highest BCUT2D eigenvalue weighted by Crippen LogP contribution is 2.15. The number of benzene rings is 1. The predicted octanol–water partition coefficient (Wildman–Crippen LogP) is 2.61. The molecule has 0 saturated carbocycles. The summed E-state index contributed by atoms with van der Waals surface area (Å²) in [5.41, 5.74) is 6.94. The van der Waals surface area contributed by atoms with E-state index in [1.807, 2.05) is 18.2 Å². The molecule has 0 aliphatic heterocycles. The number of nitrogens with two attached hydrogens (primary N) is 1. The smallest absolute Gasteiger partial charge is 0.236 e. The van der Waals surface area contributed by atoms with Gasteiger partial charge in [-0.2, -0.15) is 0 Å². The number of rotatable bonds is 8. The van der Waals surface area contributed by atoms with Gasteiger partial charge in [0, 0.05) is 18.1 Å². The maximum atomic E-state index is 12.0. The molecule has 2 atom stereocenters. The normalized spacial score (nSPS) is 14.7. The van der Waals surface area contributed by atoms with Crippen molar-refractivity contribution in [3.63, 3.8) is 0 Å². The second kappa shape index (κ2) is 8.30. The third kappa shape index (κ3) is 6.58. The van der Waals surface area contributed by atoms with Crippen LogP contribution in [0.25, 0.3) is 0 Å². The van der Waals surface area contributed by atoms with Crippen LogP contribution in [-0.2, 0) is 4.79 Å². The van der Waals surface area contributed by atoms with Crippen molar-refractivity contribution in [2.75, 3.05) is 6.54 Å². The summed E-state index contributed by atoms with van der Waals surface area (Å²) < 4.78 is 0. The molecule has 1 unspecified atom stereocenters. The molecule has 0 saturated heterocycles. The van der Waals surface area contributed by atoms with Crippen molar-refractivity contribution in [2.45, 2.75) is 58.7 Å². The summed E-state index contributed by atoms with van der Waals surface area (Å²) in [4.78, 5) is 12.0. The van der Waals surface area contributed by atoms with E-state index in [-0.39, 0.29) is 17.5 Å². The molecule has 4 nitrogen and oxygen atoms in total. The van der Waals surface area contributed by atoms with E-state index in [2.05, 4.69) is 57.4 Å². The van der Waals surface area contributed by atoms with Gasteiger partial charge in [-0.25, -0.2) is 0 Å². The van der Waals surface area contributed by atoms with Crippen molar-refractivity contribution in [1.82, 2.24) is 10.6 Å². The highest BCUT2D eigenvalue weighted by molar-refractivity contribution is 5.81. The SMILES string of the molecule is CC(C)C[C@H](N)C(=O)NCC(C)(C)NC(C)c1ccccc1. The molecule has 1 aromatic carbocycles. The minimum atomic E-state index is -0.428. The van der Waals surface area contributed by atoms with Gasteiger partial charge in [0.2, 0.25) is 5.91 Å². The first-order valence-corrected chi connectivity index (χ1v) is 8.07. The van der Waals surface area contributed by atoms with E-state index in [4.69, 9.17) is 5.73 Å². The summed E-state index contributed by atoms with van der Waals surface area (Å²) in [5, 5.41) is 6.51. The van der Waals surface area contributed by atoms with E-state index < -0.39 is 6.04 Å². The van der Waals surface area contributed by atoms with Crippen molar-refractivity contribution in [3.8, 4) is 0 Å². The van der Waals surface area contributed by atoms with E-state index in [1.165, 1.54) is 5.56 Å². The Labute approximate surface area is 134 Å². The molecule has 4 N–H and O–H groups in total. The van der Waals surface area contributed by atoms with Crippen molar-refractivity contribution in [3.05, 3.63) is 35.9 Å². The average molecular weight is 305 g/mol. The molecule has 0 heterocycles. The number of carbonyl (C=O) groups is 1. The summed E-state index contributed by atoms with van der Waals surface area (Å²) >= 11 is 0. The van der Waals surface area contributed by atoms with Gasteiger partial charge in [-0.15, -0.1) is 0 Å². The summed E-state index contributed by atoms with van der Waals surface area (Å²) in [5.74, 6) is 0.348. The number of nitrogens with one attached hydrogen (secondary N) is 2. The van der Waals surface area contributed by atoms with Crippen LogP contribution in [0.4, 0.5) is 0 Å². The molecular formula is C18H31N3O. The van der Waals surface area contributed by atoms with E-state index in [1.54, 1.807) is 0 Å². The number of hydrogen-bond donors (Lipinski definition) is 3. The molecule has 22 heavy (non-hydrogen) atoms. The second-order valence-electron chi connectivity index (χ2n) is 7.11. The Morgan fingerprint density at radius 1 is 1.18 bits per heavy atom. The number of amides is 1. The minimum Gasteiger partial charge on any atom is -0.353 e. The molecule has 1 aromatic rings. The van der Waals surface area contributed by atoms with Crippen LogP contribution >= 0.6 is 0 Å². The first-order valence-electron chi connectivity index (χ1n) is 8.07. The lowest BCUT2D eigenvalue weighted by atomic mass is 10.00. The fourth-order valence-electron chi connectivity index (χ4n) is 2.52. The van der Waals surface area contributed by atoms with Gasteiger partial charge in [-0.3, -0.25) is 4.79 Å². The van der Waals surface area contributed by atoms with Crippen molar-refractivity contribution in [2.24, 2.45) is 11.7 Å². The lowest BCUT2D eigenvalue weighted by Gasteiger charge is -2.31. The lowest BCUT2D eigenvalue weighted by Crippen LogP contribution is -2.52. The van der Waals surface area contributed by atoms with E-state index in [9.17, 15) is 4.79 Å². The Hall–Kier alpha value is -1.39. The van der Waals surface area contributed by atoms with Gasteiger partial charge in [-0.1, -0.05) is 44.2 Å². The first-order chi connectivity index (χ1) is 10.2. The van der Waals surface area contributed by atoms with Crippen LogP contribution in [0.1, 0.15) is 52.6 Å². The van der Waals surface area contributed by atoms with Gasteiger partial charge in [0.1, 0.15) is 0 Å². The molecular weight excluding hydrogens is 274 g/mol. The number of carbonyl (C=O) groups excluding carboxylic acids is 1. The van der Waals surface area contributed by atoms with Gasteiger partial charge in [0.15, 0.2) is 0 Å². The van der Waals surface area contributed by atoms with E-state index in [0.29, 0.717) is 18.9 Å². The topological polar surface area (TPSA) is 67.2 Å². The van der Waals surface area contributed by atoms with Crippen LogP contribution in [0.15, 0.2) is 30.3 Å². The molecule has 0 aliphatic rings. The van der Waals surface area contributed by atoms with Crippen molar-refractivity contribution >= 4 is 5.91 Å². The van der Waals surface area contributed by atoms with E-state index in [0.717, 1.165) is 0 Å². The zero-order chi connectivity index (χ0) is 16.8. The van der Waals surface area contributed by atoms with Gasteiger partial charge in [0.25, 0.3) is 0 Å². The Morgan fingerprint density at radius 3 is 2.32 bits per heavy atom. The summed E-state index contributed by atoms with van der Waals surface area (Å²) in [6, 6.07) is 10.1. The fourth-order valence-corrected chi connectivity index (χ4v) is 2.52. The maximum Gasteiger partial charge on any atom is 0.236 e. The zero-order valence-corrected chi connectivity index (χ0v) is 14.5. The maximum absolute atomic E-state index is 12.0. The molecule has 0 radical (unpaired) electrons.